The van der Waals surface area contributed by atoms with Crippen molar-refractivity contribution >= 4 is 11.8 Å². The highest BCUT2D eigenvalue weighted by Gasteiger charge is 2.39. The number of amides is 2. The lowest BCUT2D eigenvalue weighted by Crippen LogP contribution is -2.55. The van der Waals surface area contributed by atoms with E-state index in [2.05, 4.69) is 52.9 Å². The second kappa shape index (κ2) is 11.1. The van der Waals surface area contributed by atoms with Gasteiger partial charge in [-0.25, -0.2) is 0 Å². The number of aromatic nitrogens is 1. The minimum atomic E-state index is -0.456. The Bertz CT molecular complexity index is 984. The Kier molecular flexibility index (Phi) is 7.99. The van der Waals surface area contributed by atoms with E-state index in [4.69, 9.17) is 0 Å². The molecule has 1 saturated heterocycles. The predicted molar refractivity (Wildman–Crippen MR) is 135 cm³/mol. The molecule has 2 amide bonds. The van der Waals surface area contributed by atoms with E-state index in [1.54, 1.807) is 7.05 Å². The molecule has 2 aliphatic rings. The van der Waals surface area contributed by atoms with Gasteiger partial charge in [-0.1, -0.05) is 49.1 Å². The van der Waals surface area contributed by atoms with Gasteiger partial charge in [-0.3, -0.25) is 14.6 Å². The fourth-order valence-corrected chi connectivity index (χ4v) is 5.35. The SMILES string of the molecule is CNC(C)C(=O)NC(C(=O)N1CCCC1c1ccnc(-c2ccc(C)cc2)c1)C1CCCCC1. The highest BCUT2D eigenvalue weighted by atomic mass is 16.2. The van der Waals surface area contributed by atoms with Crippen LogP contribution in [-0.4, -0.2) is 47.4 Å². The first-order valence-electron chi connectivity index (χ1n) is 12.8. The summed E-state index contributed by atoms with van der Waals surface area (Å²) in [4.78, 5) is 33.3. The molecular weight excluding hydrogens is 424 g/mol. The number of likely N-dealkylation sites (N-methyl/N-ethyl adjacent to an activating group) is 1. The fraction of sp³-hybridized carbons (Fsp3) is 0.536. The first-order chi connectivity index (χ1) is 16.5. The van der Waals surface area contributed by atoms with E-state index in [1.807, 2.05) is 24.1 Å². The Balaban J connectivity index is 1.57. The summed E-state index contributed by atoms with van der Waals surface area (Å²) in [7, 11) is 1.77. The number of aryl methyl sites for hydroxylation is 1. The Labute approximate surface area is 203 Å². The lowest BCUT2D eigenvalue weighted by atomic mass is 9.83. The summed E-state index contributed by atoms with van der Waals surface area (Å²) in [6.07, 6.45) is 9.20. The molecule has 3 unspecified atom stereocenters. The van der Waals surface area contributed by atoms with Crippen molar-refractivity contribution < 1.29 is 9.59 Å². The average molecular weight is 463 g/mol. The molecule has 2 N–H and O–H groups in total. The summed E-state index contributed by atoms with van der Waals surface area (Å²) in [6.45, 7) is 4.64. The van der Waals surface area contributed by atoms with Crippen LogP contribution < -0.4 is 10.6 Å². The number of benzene rings is 1. The highest BCUT2D eigenvalue weighted by molar-refractivity contribution is 5.90. The van der Waals surface area contributed by atoms with Crippen LogP contribution in [0.3, 0.4) is 0 Å². The number of nitrogens with zero attached hydrogens (tertiary/aromatic N) is 2. The van der Waals surface area contributed by atoms with Gasteiger partial charge in [0, 0.05) is 18.3 Å². The quantitative estimate of drug-likeness (QED) is 0.640. The summed E-state index contributed by atoms with van der Waals surface area (Å²) in [6, 6.07) is 11.8. The number of rotatable bonds is 7. The van der Waals surface area contributed by atoms with Gasteiger partial charge < -0.3 is 15.5 Å². The molecule has 1 saturated carbocycles. The maximum atomic E-state index is 13.9. The molecule has 4 rings (SSSR count). The van der Waals surface area contributed by atoms with Gasteiger partial charge >= 0.3 is 0 Å². The Morgan fingerprint density at radius 1 is 1.03 bits per heavy atom. The molecule has 1 aliphatic carbocycles. The van der Waals surface area contributed by atoms with Crippen LogP contribution in [0.2, 0.25) is 0 Å². The molecule has 182 valence electrons. The molecule has 1 aliphatic heterocycles. The van der Waals surface area contributed by atoms with Gasteiger partial charge in [-0.2, -0.15) is 0 Å². The molecule has 2 aromatic rings. The third-order valence-electron chi connectivity index (χ3n) is 7.56. The first-order valence-corrected chi connectivity index (χ1v) is 12.8. The average Bonchev–Trinajstić information content (AvgIpc) is 3.37. The van der Waals surface area contributed by atoms with Crippen LogP contribution in [0.5, 0.6) is 0 Å². The van der Waals surface area contributed by atoms with Crippen molar-refractivity contribution in [1.82, 2.24) is 20.5 Å². The third kappa shape index (κ3) is 5.49. The molecule has 6 nitrogen and oxygen atoms in total. The van der Waals surface area contributed by atoms with E-state index in [-0.39, 0.29) is 29.8 Å². The van der Waals surface area contributed by atoms with Gasteiger partial charge in [-0.05, 0) is 70.2 Å². The maximum absolute atomic E-state index is 13.9. The topological polar surface area (TPSA) is 74.3 Å². The molecule has 1 aromatic carbocycles. The normalized spacial score (nSPS) is 20.7. The number of likely N-dealkylation sites (tertiary alicyclic amines) is 1. The second-order valence-electron chi connectivity index (χ2n) is 9.92. The fourth-order valence-electron chi connectivity index (χ4n) is 5.35. The van der Waals surface area contributed by atoms with Gasteiger partial charge in [0.15, 0.2) is 0 Å². The number of carbonyl (C=O) groups excluding carboxylic acids is 2. The molecule has 2 fully saturated rings. The minimum Gasteiger partial charge on any atom is -0.343 e. The molecule has 2 heterocycles. The van der Waals surface area contributed by atoms with E-state index >= 15 is 0 Å². The zero-order valence-corrected chi connectivity index (χ0v) is 20.7. The summed E-state index contributed by atoms with van der Waals surface area (Å²) in [5.74, 6) is 0.170. The molecule has 0 spiro atoms. The Morgan fingerprint density at radius 2 is 1.76 bits per heavy atom. The van der Waals surface area contributed by atoms with Crippen molar-refractivity contribution in [3.8, 4) is 11.3 Å². The number of pyridine rings is 1. The van der Waals surface area contributed by atoms with Crippen LogP contribution in [-0.2, 0) is 9.59 Å². The van der Waals surface area contributed by atoms with Crippen LogP contribution in [0.15, 0.2) is 42.6 Å². The molecule has 6 heteroatoms. The molecule has 0 bridgehead atoms. The van der Waals surface area contributed by atoms with E-state index in [0.29, 0.717) is 0 Å². The molecule has 0 radical (unpaired) electrons. The van der Waals surface area contributed by atoms with Gasteiger partial charge in [-0.15, -0.1) is 0 Å². The molecule has 34 heavy (non-hydrogen) atoms. The lowest BCUT2D eigenvalue weighted by molar-refractivity contribution is -0.139. The third-order valence-corrected chi connectivity index (χ3v) is 7.56. The summed E-state index contributed by atoms with van der Waals surface area (Å²) < 4.78 is 0. The van der Waals surface area contributed by atoms with E-state index in [9.17, 15) is 9.59 Å². The lowest BCUT2D eigenvalue weighted by Gasteiger charge is -2.35. The number of carbonyl (C=O) groups is 2. The molecule has 1 aromatic heterocycles. The molecule has 3 atom stereocenters. The summed E-state index contributed by atoms with van der Waals surface area (Å²) >= 11 is 0. The zero-order valence-electron chi connectivity index (χ0n) is 20.7. The van der Waals surface area contributed by atoms with Crippen molar-refractivity contribution in [2.24, 2.45) is 5.92 Å². The van der Waals surface area contributed by atoms with Gasteiger partial charge in [0.05, 0.1) is 17.8 Å². The smallest absolute Gasteiger partial charge is 0.245 e. The van der Waals surface area contributed by atoms with Crippen molar-refractivity contribution in [2.45, 2.75) is 76.9 Å². The minimum absolute atomic E-state index is 0.0180. The second-order valence-corrected chi connectivity index (χ2v) is 9.92. The largest absolute Gasteiger partial charge is 0.343 e. The van der Waals surface area contributed by atoms with Crippen LogP contribution in [0.1, 0.15) is 69.0 Å². The summed E-state index contributed by atoms with van der Waals surface area (Å²) in [5, 5.41) is 6.12. The number of nitrogens with one attached hydrogen (secondary N) is 2. The maximum Gasteiger partial charge on any atom is 0.245 e. The summed E-state index contributed by atoms with van der Waals surface area (Å²) in [5.41, 5.74) is 4.35. The van der Waals surface area contributed by atoms with E-state index in [1.165, 1.54) is 12.0 Å². The van der Waals surface area contributed by atoms with Crippen LogP contribution >= 0.6 is 0 Å². The van der Waals surface area contributed by atoms with Crippen molar-refractivity contribution in [3.63, 3.8) is 0 Å². The first kappa shape index (κ1) is 24.4. The van der Waals surface area contributed by atoms with Crippen molar-refractivity contribution in [1.29, 1.82) is 0 Å². The predicted octanol–water partition coefficient (Wildman–Crippen LogP) is 4.39. The van der Waals surface area contributed by atoms with Crippen molar-refractivity contribution in [3.05, 3.63) is 53.7 Å². The van der Waals surface area contributed by atoms with Gasteiger partial charge in [0.25, 0.3) is 0 Å². The van der Waals surface area contributed by atoms with E-state index in [0.717, 1.165) is 61.9 Å². The Morgan fingerprint density at radius 3 is 2.47 bits per heavy atom. The number of hydrogen-bond donors (Lipinski definition) is 2. The van der Waals surface area contributed by atoms with E-state index < -0.39 is 6.04 Å². The Hall–Kier alpha value is -2.73. The zero-order chi connectivity index (χ0) is 24.1. The van der Waals surface area contributed by atoms with Crippen LogP contribution in [0, 0.1) is 12.8 Å². The monoisotopic (exact) mass is 462 g/mol. The van der Waals surface area contributed by atoms with Crippen LogP contribution in [0.25, 0.3) is 11.3 Å². The van der Waals surface area contributed by atoms with Crippen molar-refractivity contribution in [2.75, 3.05) is 13.6 Å². The van der Waals surface area contributed by atoms with Crippen LogP contribution in [0.4, 0.5) is 0 Å². The highest BCUT2D eigenvalue weighted by Crippen LogP contribution is 2.36. The molecular formula is C28H38N4O2. The number of hydrogen-bond acceptors (Lipinski definition) is 4. The standard InChI is InChI=1S/C28H38N4O2/c1-19-11-13-21(14-12-19)24-18-23(15-16-30-24)25-10-7-17-32(25)28(34)26(22-8-5-4-6-9-22)31-27(33)20(2)29-3/h11-16,18,20,22,25-26,29H,4-10,17H2,1-3H3,(H,31,33). The van der Waals surface area contributed by atoms with Gasteiger partial charge in [0.2, 0.25) is 11.8 Å². The van der Waals surface area contributed by atoms with Gasteiger partial charge in [0.1, 0.15) is 6.04 Å².